The van der Waals surface area contributed by atoms with Crippen molar-refractivity contribution in [2.45, 2.75) is 38.6 Å². The van der Waals surface area contributed by atoms with Crippen LogP contribution in [0.4, 0.5) is 5.69 Å². The van der Waals surface area contributed by atoms with Gasteiger partial charge in [-0.05, 0) is 62.3 Å². The van der Waals surface area contributed by atoms with E-state index in [1.165, 1.54) is 23.2 Å². The van der Waals surface area contributed by atoms with Gasteiger partial charge < -0.3 is 11.1 Å². The van der Waals surface area contributed by atoms with Crippen molar-refractivity contribution in [3.05, 3.63) is 29.3 Å². The van der Waals surface area contributed by atoms with Gasteiger partial charge in [-0.1, -0.05) is 6.07 Å². The monoisotopic (exact) mass is 218 g/mol. The molecule has 0 saturated heterocycles. The van der Waals surface area contributed by atoms with E-state index < -0.39 is 0 Å². The zero-order valence-electron chi connectivity index (χ0n) is 10.5. The standard InChI is InChI=1S/C14H22N2/c1-14(2,15)12-6-4-11-9-13(16-3)7-5-10(11)8-12/h5,7,9,12,16H,4,6,8,15H2,1-3H3. The van der Waals surface area contributed by atoms with E-state index in [2.05, 4.69) is 37.4 Å². The van der Waals surface area contributed by atoms with Gasteiger partial charge in [0.15, 0.2) is 0 Å². The molecule has 3 N–H and O–H groups in total. The lowest BCUT2D eigenvalue weighted by Gasteiger charge is -2.34. The molecule has 2 rings (SSSR count). The van der Waals surface area contributed by atoms with Gasteiger partial charge in [0.05, 0.1) is 0 Å². The van der Waals surface area contributed by atoms with Crippen LogP contribution in [0.1, 0.15) is 31.4 Å². The number of aryl methyl sites for hydroxylation is 1. The van der Waals surface area contributed by atoms with Gasteiger partial charge in [-0.15, -0.1) is 0 Å². The Balaban J connectivity index is 2.22. The predicted molar refractivity (Wildman–Crippen MR) is 69.8 cm³/mol. The first-order chi connectivity index (χ1) is 7.50. The van der Waals surface area contributed by atoms with Crippen LogP contribution in [0.15, 0.2) is 18.2 Å². The molecular formula is C14H22N2. The molecule has 0 bridgehead atoms. The van der Waals surface area contributed by atoms with Crippen molar-refractivity contribution in [2.24, 2.45) is 11.7 Å². The van der Waals surface area contributed by atoms with Gasteiger partial charge in [-0.2, -0.15) is 0 Å². The van der Waals surface area contributed by atoms with Gasteiger partial charge in [-0.3, -0.25) is 0 Å². The third kappa shape index (κ3) is 2.22. The van der Waals surface area contributed by atoms with Gasteiger partial charge in [0.2, 0.25) is 0 Å². The molecule has 1 aliphatic rings. The molecule has 16 heavy (non-hydrogen) atoms. The lowest BCUT2D eigenvalue weighted by molar-refractivity contribution is 0.288. The van der Waals surface area contributed by atoms with Crippen LogP contribution in [0.5, 0.6) is 0 Å². The summed E-state index contributed by atoms with van der Waals surface area (Å²) in [6.45, 7) is 4.29. The molecule has 2 heteroatoms. The average molecular weight is 218 g/mol. The van der Waals surface area contributed by atoms with E-state index in [9.17, 15) is 0 Å². The van der Waals surface area contributed by atoms with Crippen molar-refractivity contribution in [3.63, 3.8) is 0 Å². The minimum Gasteiger partial charge on any atom is -0.388 e. The molecule has 0 radical (unpaired) electrons. The highest BCUT2D eigenvalue weighted by molar-refractivity contribution is 5.49. The van der Waals surface area contributed by atoms with E-state index in [0.29, 0.717) is 5.92 Å². The van der Waals surface area contributed by atoms with Crippen LogP contribution in [-0.4, -0.2) is 12.6 Å². The summed E-state index contributed by atoms with van der Waals surface area (Å²) in [5.74, 6) is 0.612. The average Bonchev–Trinajstić information content (AvgIpc) is 2.26. The van der Waals surface area contributed by atoms with Crippen molar-refractivity contribution in [3.8, 4) is 0 Å². The minimum absolute atomic E-state index is 0.0562. The molecule has 0 saturated carbocycles. The summed E-state index contributed by atoms with van der Waals surface area (Å²) in [5.41, 5.74) is 10.3. The molecule has 1 unspecified atom stereocenters. The van der Waals surface area contributed by atoms with Crippen molar-refractivity contribution in [2.75, 3.05) is 12.4 Å². The van der Waals surface area contributed by atoms with Gasteiger partial charge in [0.25, 0.3) is 0 Å². The van der Waals surface area contributed by atoms with Crippen LogP contribution in [0.3, 0.4) is 0 Å². The molecule has 1 atom stereocenters. The number of nitrogens with two attached hydrogens (primary N) is 1. The van der Waals surface area contributed by atoms with Crippen molar-refractivity contribution in [1.29, 1.82) is 0 Å². The predicted octanol–water partition coefficient (Wildman–Crippen LogP) is 2.57. The first-order valence-electron chi connectivity index (χ1n) is 6.09. The van der Waals surface area contributed by atoms with Crippen LogP contribution < -0.4 is 11.1 Å². The van der Waals surface area contributed by atoms with Crippen LogP contribution in [0, 0.1) is 5.92 Å². The third-order valence-electron chi connectivity index (χ3n) is 3.78. The highest BCUT2D eigenvalue weighted by Gasteiger charge is 2.28. The van der Waals surface area contributed by atoms with Crippen molar-refractivity contribution in [1.82, 2.24) is 0 Å². The quantitative estimate of drug-likeness (QED) is 0.800. The molecule has 1 aromatic carbocycles. The Labute approximate surface area is 98.2 Å². The maximum Gasteiger partial charge on any atom is 0.0340 e. The topological polar surface area (TPSA) is 38.0 Å². The zero-order chi connectivity index (χ0) is 11.8. The van der Waals surface area contributed by atoms with Crippen LogP contribution in [0.25, 0.3) is 0 Å². The molecule has 0 fully saturated rings. The Kier molecular flexibility index (Phi) is 2.94. The summed E-state index contributed by atoms with van der Waals surface area (Å²) >= 11 is 0. The molecule has 0 heterocycles. The fraction of sp³-hybridized carbons (Fsp3) is 0.571. The van der Waals surface area contributed by atoms with Crippen molar-refractivity contribution >= 4 is 5.69 Å². The molecule has 0 amide bonds. The van der Waals surface area contributed by atoms with E-state index in [4.69, 9.17) is 5.73 Å². The fourth-order valence-corrected chi connectivity index (χ4v) is 2.55. The number of hydrogen-bond acceptors (Lipinski definition) is 2. The Morgan fingerprint density at radius 2 is 2.06 bits per heavy atom. The summed E-state index contributed by atoms with van der Waals surface area (Å²) in [7, 11) is 1.97. The first kappa shape index (κ1) is 11.5. The normalized spacial score (nSPS) is 20.4. The molecule has 0 aromatic heterocycles. The van der Waals surface area contributed by atoms with E-state index in [-0.39, 0.29) is 5.54 Å². The highest BCUT2D eigenvalue weighted by atomic mass is 14.8. The van der Waals surface area contributed by atoms with Gasteiger partial charge in [-0.25, -0.2) is 0 Å². The Hall–Kier alpha value is -1.02. The number of anilines is 1. The van der Waals surface area contributed by atoms with Gasteiger partial charge in [0, 0.05) is 18.3 Å². The van der Waals surface area contributed by atoms with Crippen LogP contribution in [-0.2, 0) is 12.8 Å². The number of hydrogen-bond donors (Lipinski definition) is 2. The second-order valence-corrected chi connectivity index (χ2v) is 5.49. The number of nitrogens with one attached hydrogen (secondary N) is 1. The molecular weight excluding hydrogens is 196 g/mol. The number of rotatable bonds is 2. The number of fused-ring (bicyclic) bond motifs is 1. The number of benzene rings is 1. The largest absolute Gasteiger partial charge is 0.388 e. The van der Waals surface area contributed by atoms with E-state index >= 15 is 0 Å². The minimum atomic E-state index is -0.0562. The Bertz CT molecular complexity index is 377. The fourth-order valence-electron chi connectivity index (χ4n) is 2.55. The van der Waals surface area contributed by atoms with Crippen molar-refractivity contribution < 1.29 is 0 Å². The maximum absolute atomic E-state index is 6.21. The summed E-state index contributed by atoms with van der Waals surface area (Å²) in [6.07, 6.45) is 3.50. The molecule has 1 aliphatic carbocycles. The molecule has 2 nitrogen and oxygen atoms in total. The van der Waals surface area contributed by atoms with E-state index in [1.807, 2.05) is 7.05 Å². The molecule has 0 aliphatic heterocycles. The second kappa shape index (κ2) is 4.10. The summed E-state index contributed by atoms with van der Waals surface area (Å²) < 4.78 is 0. The third-order valence-corrected chi connectivity index (χ3v) is 3.78. The van der Waals surface area contributed by atoms with Gasteiger partial charge in [0.1, 0.15) is 0 Å². The van der Waals surface area contributed by atoms with E-state index in [1.54, 1.807) is 0 Å². The van der Waals surface area contributed by atoms with E-state index in [0.717, 1.165) is 12.8 Å². The highest BCUT2D eigenvalue weighted by Crippen LogP contribution is 2.32. The van der Waals surface area contributed by atoms with Gasteiger partial charge >= 0.3 is 0 Å². The summed E-state index contributed by atoms with van der Waals surface area (Å²) in [5, 5.41) is 3.19. The lowest BCUT2D eigenvalue weighted by atomic mass is 9.75. The SMILES string of the molecule is CNc1ccc2c(c1)CCC(C(C)(C)N)C2. The van der Waals surface area contributed by atoms with Crippen LogP contribution in [0.2, 0.25) is 0 Å². The summed E-state index contributed by atoms with van der Waals surface area (Å²) in [6, 6.07) is 6.68. The van der Waals surface area contributed by atoms with Crippen LogP contribution >= 0.6 is 0 Å². The summed E-state index contributed by atoms with van der Waals surface area (Å²) in [4.78, 5) is 0. The smallest absolute Gasteiger partial charge is 0.0340 e. The second-order valence-electron chi connectivity index (χ2n) is 5.49. The lowest BCUT2D eigenvalue weighted by Crippen LogP contribution is -2.43. The maximum atomic E-state index is 6.21. The zero-order valence-corrected chi connectivity index (χ0v) is 10.5. The molecule has 1 aromatic rings. The Morgan fingerprint density at radius 3 is 2.69 bits per heavy atom. The molecule has 88 valence electrons. The Morgan fingerprint density at radius 1 is 1.31 bits per heavy atom. The first-order valence-corrected chi connectivity index (χ1v) is 6.09. The molecule has 0 spiro atoms.